The second-order valence-electron chi connectivity index (χ2n) is 7.24. The zero-order chi connectivity index (χ0) is 19.5. The van der Waals surface area contributed by atoms with E-state index in [1.54, 1.807) is 18.3 Å². The van der Waals surface area contributed by atoms with Crippen LogP contribution in [0, 0.1) is 11.8 Å². The Morgan fingerprint density at radius 2 is 2.22 bits per heavy atom. The van der Waals surface area contributed by atoms with Gasteiger partial charge in [-0.05, 0) is 6.92 Å². The second-order valence-corrected chi connectivity index (χ2v) is 8.13. The number of carboxylic acid groups (broad SMARTS) is 1. The van der Waals surface area contributed by atoms with Gasteiger partial charge in [0, 0.05) is 23.3 Å². The van der Waals surface area contributed by atoms with Crippen molar-refractivity contribution in [3.63, 3.8) is 0 Å². The molecule has 0 aromatic carbocycles. The van der Waals surface area contributed by atoms with Gasteiger partial charge in [-0.3, -0.25) is 4.79 Å². The molecular weight excluding hydrogens is 370 g/mol. The molecule has 2 aliphatic heterocycles. The number of β-lactam (4-membered cyclic amide) rings is 1. The molecule has 0 radical (unpaired) electrons. The van der Waals surface area contributed by atoms with Crippen LogP contribution in [0.4, 0.5) is 0 Å². The molecule has 0 aliphatic carbocycles. The lowest BCUT2D eigenvalue weighted by atomic mass is 9.78. The molecule has 8 nitrogen and oxygen atoms in total. The van der Waals surface area contributed by atoms with Crippen LogP contribution in [0.1, 0.15) is 19.5 Å². The second kappa shape index (κ2) is 6.43. The maximum absolute atomic E-state index is 12.4. The van der Waals surface area contributed by atoms with Gasteiger partial charge in [0.2, 0.25) is 17.1 Å². The largest absolute Gasteiger partial charge is 0.543 e. The Morgan fingerprint density at radius 3 is 2.85 bits per heavy atom. The van der Waals surface area contributed by atoms with Gasteiger partial charge in [0.25, 0.3) is 0 Å². The Kier molecular flexibility index (Phi) is 4.32. The van der Waals surface area contributed by atoms with Gasteiger partial charge in [-0.15, -0.1) is 0 Å². The van der Waals surface area contributed by atoms with E-state index in [1.807, 2.05) is 33.8 Å². The first-order chi connectivity index (χ1) is 12.8. The fraction of sp³-hybridized carbons (Fsp3) is 0.500. The average Bonchev–Trinajstić information content (AvgIpc) is 3.21. The number of carboxylic acids is 1. The van der Waals surface area contributed by atoms with Crippen LogP contribution < -0.4 is 9.51 Å². The molecule has 2 aromatic heterocycles. The standard InChI is InChI=1S/C18H21N3O5S/c1-9-12(5-19-6-13-20(8-19)11(3-4-22)7-27-13)16(18(25)26)21-15(9)14(10(2)23)17(21)24/h6-10,14-15,22-23H,3-5H2,1-2H3/t9-,10+,14+,15+/m0/s1. The van der Waals surface area contributed by atoms with Crippen molar-refractivity contribution < 1.29 is 29.3 Å². The van der Waals surface area contributed by atoms with Gasteiger partial charge < -0.3 is 25.0 Å². The molecule has 1 amide bonds. The van der Waals surface area contributed by atoms with Gasteiger partial charge in [-0.1, -0.05) is 18.3 Å². The number of imidazole rings is 1. The van der Waals surface area contributed by atoms with Gasteiger partial charge in [-0.2, -0.15) is 4.40 Å². The van der Waals surface area contributed by atoms with Crippen LogP contribution in [0.2, 0.25) is 0 Å². The minimum Gasteiger partial charge on any atom is -0.543 e. The van der Waals surface area contributed by atoms with Crippen molar-refractivity contribution in [3.05, 3.63) is 34.9 Å². The number of hydrogen-bond acceptors (Lipinski definition) is 6. The molecule has 9 heteroatoms. The molecule has 2 aliphatic rings. The van der Waals surface area contributed by atoms with Crippen LogP contribution in [-0.4, -0.2) is 50.3 Å². The lowest BCUT2D eigenvalue weighted by Crippen LogP contribution is -2.64. The first kappa shape index (κ1) is 18.1. The van der Waals surface area contributed by atoms with E-state index < -0.39 is 18.0 Å². The minimum atomic E-state index is -1.36. The van der Waals surface area contributed by atoms with Crippen molar-refractivity contribution in [2.75, 3.05) is 6.61 Å². The van der Waals surface area contributed by atoms with Crippen molar-refractivity contribution in [2.45, 2.75) is 39.0 Å². The summed E-state index contributed by atoms with van der Waals surface area (Å²) in [5.41, 5.74) is 1.55. The van der Waals surface area contributed by atoms with E-state index in [-0.39, 0.29) is 30.2 Å². The first-order valence-electron chi connectivity index (χ1n) is 8.89. The third-order valence-electron chi connectivity index (χ3n) is 5.63. The highest BCUT2D eigenvalue weighted by Gasteiger charge is 2.58. The molecule has 1 saturated heterocycles. The third-order valence-corrected chi connectivity index (χ3v) is 6.57. The normalized spacial score (nSPS) is 25.9. The molecule has 144 valence electrons. The van der Waals surface area contributed by atoms with E-state index in [0.717, 1.165) is 10.5 Å². The Hall–Kier alpha value is -2.23. The monoisotopic (exact) mass is 391 g/mol. The fourth-order valence-corrected chi connectivity index (χ4v) is 5.31. The molecule has 0 bridgehead atoms. The molecule has 0 unspecified atom stereocenters. The van der Waals surface area contributed by atoms with Crippen LogP contribution in [0.15, 0.2) is 29.2 Å². The predicted octanol–water partition coefficient (Wildman–Crippen LogP) is -1.32. The molecule has 27 heavy (non-hydrogen) atoms. The molecule has 2 N–H and O–H groups in total. The number of aliphatic hydroxyl groups excluding tert-OH is 2. The Morgan fingerprint density at radius 1 is 1.48 bits per heavy atom. The van der Waals surface area contributed by atoms with Crippen molar-refractivity contribution in [3.8, 4) is 0 Å². The zero-order valence-electron chi connectivity index (χ0n) is 15.0. The first-order valence-corrected chi connectivity index (χ1v) is 9.77. The van der Waals surface area contributed by atoms with Gasteiger partial charge in [0.1, 0.15) is 18.4 Å². The number of carbonyl (C=O) groups is 2. The molecule has 1 fully saturated rings. The zero-order valence-corrected chi connectivity index (χ0v) is 15.8. The topological polar surface area (TPSA) is 110 Å². The van der Waals surface area contributed by atoms with Gasteiger partial charge >= 0.3 is 0 Å². The average molecular weight is 391 g/mol. The number of aliphatic carboxylic acids is 1. The van der Waals surface area contributed by atoms with Crippen LogP contribution in [0.3, 0.4) is 0 Å². The Balaban J connectivity index is 1.68. The summed E-state index contributed by atoms with van der Waals surface area (Å²) < 4.78 is 3.85. The molecule has 4 rings (SSSR count). The maximum Gasteiger partial charge on any atom is 0.250 e. The van der Waals surface area contributed by atoms with E-state index in [4.69, 9.17) is 0 Å². The van der Waals surface area contributed by atoms with Crippen LogP contribution in [0.25, 0.3) is 4.83 Å². The van der Waals surface area contributed by atoms with Crippen molar-refractivity contribution in [1.29, 1.82) is 0 Å². The summed E-state index contributed by atoms with van der Waals surface area (Å²) in [6.45, 7) is 3.83. The third kappa shape index (κ3) is 2.60. The molecule has 4 atom stereocenters. The maximum atomic E-state index is 12.4. The van der Waals surface area contributed by atoms with Crippen molar-refractivity contribution in [2.24, 2.45) is 11.8 Å². The fourth-order valence-electron chi connectivity index (χ4n) is 4.35. The summed E-state index contributed by atoms with van der Waals surface area (Å²) in [4.78, 5) is 26.4. The van der Waals surface area contributed by atoms with E-state index in [1.165, 1.54) is 4.90 Å². The summed E-state index contributed by atoms with van der Waals surface area (Å²) in [6.07, 6.45) is 3.50. The summed E-state index contributed by atoms with van der Waals surface area (Å²) in [6, 6.07) is -0.338. The van der Waals surface area contributed by atoms with E-state index >= 15 is 0 Å². The number of thiazole rings is 1. The van der Waals surface area contributed by atoms with Gasteiger partial charge in [0.15, 0.2) is 0 Å². The molecular formula is C18H21N3O5S. The highest BCUT2D eigenvalue weighted by Crippen LogP contribution is 2.47. The number of aromatic nitrogens is 2. The lowest BCUT2D eigenvalue weighted by Gasteiger charge is -2.47. The van der Waals surface area contributed by atoms with E-state index in [9.17, 15) is 24.9 Å². The van der Waals surface area contributed by atoms with Crippen molar-refractivity contribution in [1.82, 2.24) is 9.47 Å². The Labute approximate surface area is 159 Å². The summed E-state index contributed by atoms with van der Waals surface area (Å²) in [5.74, 6) is -2.48. The predicted molar refractivity (Wildman–Crippen MR) is 93.3 cm³/mol. The molecule has 4 heterocycles. The number of amides is 1. The number of aliphatic hydroxyl groups is 2. The minimum absolute atomic E-state index is 0.0561. The summed E-state index contributed by atoms with van der Waals surface area (Å²) in [5, 5.41) is 32.8. The highest BCUT2D eigenvalue weighted by molar-refractivity contribution is 7.15. The van der Waals surface area contributed by atoms with E-state index in [0.29, 0.717) is 18.5 Å². The molecule has 2 aromatic rings. The number of hydrogen-bond donors (Lipinski definition) is 2. The number of nitrogens with zero attached hydrogens (tertiary/aromatic N) is 3. The Bertz CT molecular complexity index is 960. The number of fused-ring (bicyclic) bond motifs is 2. The van der Waals surface area contributed by atoms with Crippen LogP contribution >= 0.6 is 11.3 Å². The number of rotatable bonds is 6. The lowest BCUT2D eigenvalue weighted by molar-refractivity contribution is -0.518. The highest BCUT2D eigenvalue weighted by atomic mass is 32.1. The summed E-state index contributed by atoms with van der Waals surface area (Å²) >= 11 is 1.55. The smallest absolute Gasteiger partial charge is 0.250 e. The number of carbonyl (C=O) groups excluding carboxylic acids is 2. The molecule has 0 saturated carbocycles. The molecule has 0 spiro atoms. The van der Waals surface area contributed by atoms with Gasteiger partial charge in [-0.25, -0.2) is 4.57 Å². The van der Waals surface area contributed by atoms with E-state index in [2.05, 4.69) is 0 Å². The van der Waals surface area contributed by atoms with Crippen LogP contribution in [-0.2, 0) is 22.6 Å². The van der Waals surface area contributed by atoms with Crippen LogP contribution in [0.5, 0.6) is 0 Å². The quantitative estimate of drug-likeness (QED) is 0.469. The summed E-state index contributed by atoms with van der Waals surface area (Å²) in [7, 11) is 0. The SMILES string of the molecule is C[C@@H](O)[C@H]1C(=O)N2C(C(=O)[O-])=C(Cn3cc4scc(CCO)[n+]4c3)[C@H](C)[C@H]12. The van der Waals surface area contributed by atoms with Gasteiger partial charge in [0.05, 0.1) is 36.3 Å². The van der Waals surface area contributed by atoms with Crippen molar-refractivity contribution >= 4 is 28.0 Å².